The van der Waals surface area contributed by atoms with Crippen LogP contribution in [-0.4, -0.2) is 20.8 Å². The topological polar surface area (TPSA) is 72.5 Å². The molecule has 0 radical (unpaired) electrons. The van der Waals surface area contributed by atoms with Crippen molar-refractivity contribution in [1.82, 2.24) is 0 Å². The molecular formula is C23H21NO4S. The third-order valence-electron chi connectivity index (χ3n) is 4.30. The standard InChI is InChI=1S/C23H21NO4S/c1-2-23(25)22(17-28-20-12-5-3-6-13-20)18-10-9-11-19(16-18)24-29(26,27)21-14-7-4-8-15-21/h2-16,22,24H,1,17H2. The van der Waals surface area contributed by atoms with Crippen molar-refractivity contribution in [3.63, 3.8) is 0 Å². The maximum atomic E-state index is 12.6. The number of hydrogen-bond acceptors (Lipinski definition) is 4. The lowest BCUT2D eigenvalue weighted by Crippen LogP contribution is -2.19. The SMILES string of the molecule is C=CC(=O)C(COc1ccccc1)c1cccc(NS(=O)(=O)c2ccccc2)c1. The van der Waals surface area contributed by atoms with Crippen LogP contribution in [0.5, 0.6) is 5.75 Å². The van der Waals surface area contributed by atoms with Gasteiger partial charge >= 0.3 is 0 Å². The minimum Gasteiger partial charge on any atom is -0.492 e. The van der Waals surface area contributed by atoms with Gasteiger partial charge in [-0.2, -0.15) is 0 Å². The number of ether oxygens (including phenoxy) is 1. The molecule has 1 unspecified atom stereocenters. The molecule has 0 fully saturated rings. The Morgan fingerprint density at radius 1 is 0.966 bits per heavy atom. The molecule has 3 aromatic rings. The quantitative estimate of drug-likeness (QED) is 0.534. The first-order valence-electron chi connectivity index (χ1n) is 9.01. The van der Waals surface area contributed by atoms with Gasteiger partial charge < -0.3 is 4.74 Å². The van der Waals surface area contributed by atoms with Crippen LogP contribution in [0.2, 0.25) is 0 Å². The van der Waals surface area contributed by atoms with Crippen LogP contribution >= 0.6 is 0 Å². The van der Waals surface area contributed by atoms with Gasteiger partial charge in [-0.3, -0.25) is 9.52 Å². The average Bonchev–Trinajstić information content (AvgIpc) is 2.75. The predicted molar refractivity (Wildman–Crippen MR) is 114 cm³/mol. The number of anilines is 1. The second-order valence-electron chi connectivity index (χ2n) is 6.33. The molecule has 0 aliphatic rings. The second kappa shape index (κ2) is 9.21. The van der Waals surface area contributed by atoms with Crippen molar-refractivity contribution in [2.75, 3.05) is 11.3 Å². The minimum absolute atomic E-state index is 0.115. The lowest BCUT2D eigenvalue weighted by Gasteiger charge is -2.17. The highest BCUT2D eigenvalue weighted by molar-refractivity contribution is 7.92. The molecule has 0 aliphatic heterocycles. The zero-order chi connectivity index (χ0) is 20.7. The molecule has 0 aromatic heterocycles. The first-order valence-corrected chi connectivity index (χ1v) is 10.5. The fraction of sp³-hybridized carbons (Fsp3) is 0.0870. The van der Waals surface area contributed by atoms with Crippen LogP contribution in [0.1, 0.15) is 11.5 Å². The highest BCUT2D eigenvalue weighted by atomic mass is 32.2. The largest absolute Gasteiger partial charge is 0.492 e. The van der Waals surface area contributed by atoms with Crippen LogP contribution < -0.4 is 9.46 Å². The fourth-order valence-electron chi connectivity index (χ4n) is 2.81. The van der Waals surface area contributed by atoms with Crippen molar-refractivity contribution in [3.05, 3.63) is 103 Å². The van der Waals surface area contributed by atoms with Crippen molar-refractivity contribution < 1.29 is 17.9 Å². The maximum Gasteiger partial charge on any atom is 0.261 e. The monoisotopic (exact) mass is 407 g/mol. The number of hydrogen-bond donors (Lipinski definition) is 1. The summed E-state index contributed by atoms with van der Waals surface area (Å²) in [6.07, 6.45) is 1.25. The molecule has 3 aromatic carbocycles. The van der Waals surface area contributed by atoms with E-state index in [9.17, 15) is 13.2 Å². The maximum absolute atomic E-state index is 12.6. The summed E-state index contributed by atoms with van der Waals surface area (Å²) in [4.78, 5) is 12.6. The fourth-order valence-corrected chi connectivity index (χ4v) is 3.88. The molecule has 0 heterocycles. The van der Waals surface area contributed by atoms with Crippen LogP contribution in [0.3, 0.4) is 0 Å². The molecular weight excluding hydrogens is 386 g/mol. The molecule has 5 nitrogen and oxygen atoms in total. The van der Waals surface area contributed by atoms with Crippen molar-refractivity contribution in [2.45, 2.75) is 10.8 Å². The summed E-state index contributed by atoms with van der Waals surface area (Å²) < 4.78 is 33.4. The summed E-state index contributed by atoms with van der Waals surface area (Å²) in [6, 6.07) is 24.0. The molecule has 6 heteroatoms. The van der Waals surface area contributed by atoms with E-state index in [-0.39, 0.29) is 17.3 Å². The Balaban J connectivity index is 1.82. The van der Waals surface area contributed by atoms with E-state index < -0.39 is 15.9 Å². The van der Waals surface area contributed by atoms with Gasteiger partial charge in [0.15, 0.2) is 5.78 Å². The third kappa shape index (κ3) is 5.33. The van der Waals surface area contributed by atoms with Crippen molar-refractivity contribution >= 4 is 21.5 Å². The Morgan fingerprint density at radius 2 is 1.62 bits per heavy atom. The number of carbonyl (C=O) groups excluding carboxylic acids is 1. The molecule has 1 atom stereocenters. The van der Waals surface area contributed by atoms with Crippen molar-refractivity contribution in [1.29, 1.82) is 0 Å². The second-order valence-corrected chi connectivity index (χ2v) is 8.01. The van der Waals surface area contributed by atoms with E-state index in [1.54, 1.807) is 54.6 Å². The first-order chi connectivity index (χ1) is 14.0. The van der Waals surface area contributed by atoms with Gasteiger partial charge in [-0.15, -0.1) is 0 Å². The number of nitrogens with one attached hydrogen (secondary N) is 1. The Hall–Kier alpha value is -3.38. The third-order valence-corrected chi connectivity index (χ3v) is 5.70. The minimum atomic E-state index is -3.72. The Bertz CT molecular complexity index is 1080. The summed E-state index contributed by atoms with van der Waals surface area (Å²) in [5, 5.41) is 0. The molecule has 0 bridgehead atoms. The van der Waals surface area contributed by atoms with E-state index in [4.69, 9.17) is 4.74 Å². The van der Waals surface area contributed by atoms with E-state index in [2.05, 4.69) is 11.3 Å². The summed E-state index contributed by atoms with van der Waals surface area (Å²) in [7, 11) is -3.72. The predicted octanol–water partition coefficient (Wildman–Crippen LogP) is 4.41. The number of sulfonamides is 1. The number of rotatable bonds is 9. The van der Waals surface area contributed by atoms with E-state index in [1.165, 1.54) is 18.2 Å². The lowest BCUT2D eigenvalue weighted by molar-refractivity contribution is -0.116. The highest BCUT2D eigenvalue weighted by Crippen LogP contribution is 2.24. The number of allylic oxidation sites excluding steroid dienone is 1. The van der Waals surface area contributed by atoms with E-state index >= 15 is 0 Å². The number of carbonyl (C=O) groups is 1. The van der Waals surface area contributed by atoms with E-state index in [0.29, 0.717) is 17.0 Å². The van der Waals surface area contributed by atoms with Gasteiger partial charge in [0, 0.05) is 5.69 Å². The summed E-state index contributed by atoms with van der Waals surface area (Å²) in [6.45, 7) is 3.68. The van der Waals surface area contributed by atoms with Gasteiger partial charge in [-0.1, -0.05) is 55.1 Å². The highest BCUT2D eigenvalue weighted by Gasteiger charge is 2.21. The van der Waals surface area contributed by atoms with Crippen LogP contribution in [-0.2, 0) is 14.8 Å². The number of benzene rings is 3. The molecule has 29 heavy (non-hydrogen) atoms. The molecule has 1 N–H and O–H groups in total. The molecule has 3 rings (SSSR count). The molecule has 0 amide bonds. The van der Waals surface area contributed by atoms with E-state index in [0.717, 1.165) is 0 Å². The van der Waals surface area contributed by atoms with Gasteiger partial charge in [0.2, 0.25) is 0 Å². The van der Waals surface area contributed by atoms with Gasteiger partial charge in [0.05, 0.1) is 10.8 Å². The van der Waals surface area contributed by atoms with Gasteiger partial charge in [-0.25, -0.2) is 8.42 Å². The van der Waals surface area contributed by atoms with Crippen LogP contribution in [0.4, 0.5) is 5.69 Å². The molecule has 0 saturated heterocycles. The zero-order valence-corrected chi connectivity index (χ0v) is 16.5. The van der Waals surface area contributed by atoms with Gasteiger partial charge in [-0.05, 0) is 48.0 Å². The van der Waals surface area contributed by atoms with Crippen LogP contribution in [0.15, 0.2) is 102 Å². The van der Waals surface area contributed by atoms with Crippen molar-refractivity contribution in [2.24, 2.45) is 0 Å². The lowest BCUT2D eigenvalue weighted by atomic mass is 9.95. The number of para-hydroxylation sites is 1. The van der Waals surface area contributed by atoms with Crippen molar-refractivity contribution in [3.8, 4) is 5.75 Å². The molecule has 0 saturated carbocycles. The molecule has 0 spiro atoms. The zero-order valence-electron chi connectivity index (χ0n) is 15.7. The number of ketones is 1. The average molecular weight is 407 g/mol. The van der Waals surface area contributed by atoms with Crippen LogP contribution in [0.25, 0.3) is 0 Å². The first kappa shape index (κ1) is 20.4. The molecule has 0 aliphatic carbocycles. The smallest absolute Gasteiger partial charge is 0.261 e. The van der Waals surface area contributed by atoms with Gasteiger partial charge in [0.1, 0.15) is 12.4 Å². The summed E-state index contributed by atoms with van der Waals surface area (Å²) >= 11 is 0. The summed E-state index contributed by atoms with van der Waals surface area (Å²) in [5.74, 6) is -0.159. The Kier molecular flexibility index (Phi) is 6.46. The Morgan fingerprint density at radius 3 is 2.28 bits per heavy atom. The Labute approximate surface area is 170 Å². The normalized spacial score (nSPS) is 12.0. The molecule has 148 valence electrons. The van der Waals surface area contributed by atoms with E-state index in [1.807, 2.05) is 18.2 Å². The van der Waals surface area contributed by atoms with Gasteiger partial charge in [0.25, 0.3) is 10.0 Å². The summed E-state index contributed by atoms with van der Waals surface area (Å²) in [5.41, 5.74) is 1.01. The van der Waals surface area contributed by atoms with Crippen LogP contribution in [0, 0.1) is 0 Å².